The minimum absolute atomic E-state index is 0.242. The van der Waals surface area contributed by atoms with E-state index >= 15 is 0 Å². The molecular weight excluding hydrogens is 292 g/mol. The van der Waals surface area contributed by atoms with Crippen molar-refractivity contribution >= 4 is 21.4 Å². The zero-order chi connectivity index (χ0) is 14.8. The van der Waals surface area contributed by atoms with Gasteiger partial charge in [-0.25, -0.2) is 13.1 Å². The molecule has 1 heterocycles. The molecule has 1 saturated carbocycles. The predicted octanol–water partition coefficient (Wildman–Crippen LogP) is 2.78. The Bertz CT molecular complexity index is 560. The minimum Gasteiger partial charge on any atom is -0.312 e. The summed E-state index contributed by atoms with van der Waals surface area (Å²) in [4.78, 5) is 2.40. The number of nitrogens with one attached hydrogen (secondary N) is 2. The van der Waals surface area contributed by atoms with Crippen LogP contribution in [0.25, 0.3) is 0 Å². The fourth-order valence-corrected chi connectivity index (χ4v) is 5.53. The number of hydrogen-bond acceptors (Lipinski definition) is 4. The van der Waals surface area contributed by atoms with Crippen molar-refractivity contribution in [2.45, 2.75) is 63.4 Å². The van der Waals surface area contributed by atoms with Crippen LogP contribution in [0.1, 0.15) is 49.3 Å². The largest absolute Gasteiger partial charge is 0.312 e. The Balaban J connectivity index is 2.10. The quantitative estimate of drug-likeness (QED) is 0.761. The average molecular weight is 316 g/mol. The van der Waals surface area contributed by atoms with Gasteiger partial charge < -0.3 is 5.32 Å². The maximum atomic E-state index is 12.5. The van der Waals surface area contributed by atoms with Gasteiger partial charge in [-0.1, -0.05) is 6.92 Å². The molecule has 0 aliphatic heterocycles. The summed E-state index contributed by atoms with van der Waals surface area (Å²) in [6.45, 7) is 7.68. The third-order valence-corrected chi connectivity index (χ3v) is 6.72. The first-order valence-corrected chi connectivity index (χ1v) is 9.50. The van der Waals surface area contributed by atoms with Crippen LogP contribution in [-0.2, 0) is 16.6 Å². The Hall–Kier alpha value is -0.430. The summed E-state index contributed by atoms with van der Waals surface area (Å²) in [5.41, 5.74) is -0.242. The summed E-state index contributed by atoms with van der Waals surface area (Å²) in [7, 11) is -3.39. The molecule has 6 heteroatoms. The third-order valence-electron chi connectivity index (χ3n) is 3.78. The van der Waals surface area contributed by atoms with Gasteiger partial charge in [-0.3, -0.25) is 0 Å². The Labute approximate surface area is 126 Å². The highest BCUT2D eigenvalue weighted by atomic mass is 32.2. The van der Waals surface area contributed by atoms with Crippen molar-refractivity contribution in [3.63, 3.8) is 0 Å². The highest BCUT2D eigenvalue weighted by Crippen LogP contribution is 2.34. The van der Waals surface area contributed by atoms with E-state index in [1.165, 1.54) is 0 Å². The third kappa shape index (κ3) is 3.61. The Morgan fingerprint density at radius 1 is 1.40 bits per heavy atom. The second kappa shape index (κ2) is 6.13. The maximum Gasteiger partial charge on any atom is 0.242 e. The van der Waals surface area contributed by atoms with Gasteiger partial charge in [0.2, 0.25) is 10.0 Å². The van der Waals surface area contributed by atoms with Crippen molar-refractivity contribution in [2.24, 2.45) is 0 Å². The van der Waals surface area contributed by atoms with Crippen LogP contribution in [0.15, 0.2) is 11.0 Å². The van der Waals surface area contributed by atoms with Crippen LogP contribution >= 0.6 is 11.3 Å². The number of hydrogen-bond donors (Lipinski definition) is 2. The summed E-state index contributed by atoms with van der Waals surface area (Å²) in [6, 6.07) is 1.81. The molecule has 0 atom stereocenters. The maximum absolute atomic E-state index is 12.5. The second-order valence-electron chi connectivity index (χ2n) is 5.83. The highest BCUT2D eigenvalue weighted by Gasteiger charge is 2.36. The van der Waals surface area contributed by atoms with E-state index in [0.29, 0.717) is 4.90 Å². The molecule has 1 aliphatic rings. The van der Waals surface area contributed by atoms with Crippen LogP contribution in [0.2, 0.25) is 0 Å². The molecule has 0 radical (unpaired) electrons. The smallest absolute Gasteiger partial charge is 0.242 e. The topological polar surface area (TPSA) is 58.2 Å². The molecule has 2 rings (SSSR count). The summed E-state index contributed by atoms with van der Waals surface area (Å²) < 4.78 is 27.8. The minimum atomic E-state index is -3.39. The molecule has 2 N–H and O–H groups in total. The predicted molar refractivity (Wildman–Crippen MR) is 83.6 cm³/mol. The van der Waals surface area contributed by atoms with Gasteiger partial charge in [0, 0.05) is 21.8 Å². The lowest BCUT2D eigenvalue weighted by atomic mass is 9.80. The lowest BCUT2D eigenvalue weighted by Gasteiger charge is -2.38. The van der Waals surface area contributed by atoms with Crippen LogP contribution in [0.5, 0.6) is 0 Å². The molecule has 20 heavy (non-hydrogen) atoms. The van der Waals surface area contributed by atoms with Crippen LogP contribution in [-0.4, -0.2) is 20.5 Å². The van der Waals surface area contributed by atoms with Crippen molar-refractivity contribution < 1.29 is 8.42 Å². The van der Waals surface area contributed by atoms with E-state index in [1.807, 2.05) is 19.9 Å². The van der Waals surface area contributed by atoms with Crippen molar-refractivity contribution in [3.05, 3.63) is 15.8 Å². The lowest BCUT2D eigenvalue weighted by Crippen LogP contribution is -2.50. The Morgan fingerprint density at radius 3 is 2.65 bits per heavy atom. The van der Waals surface area contributed by atoms with Crippen molar-refractivity contribution in [1.82, 2.24) is 10.0 Å². The summed E-state index contributed by atoms with van der Waals surface area (Å²) in [6.07, 6.45) is 4.05. The van der Waals surface area contributed by atoms with Crippen molar-refractivity contribution in [3.8, 4) is 0 Å². The molecule has 1 aliphatic carbocycles. The summed E-state index contributed by atoms with van der Waals surface area (Å²) in [5.74, 6) is 0. The van der Waals surface area contributed by atoms with Gasteiger partial charge >= 0.3 is 0 Å². The first-order valence-electron chi connectivity index (χ1n) is 7.20. The number of sulfonamides is 1. The molecule has 0 aromatic carbocycles. The molecule has 0 unspecified atom stereocenters. The summed E-state index contributed by atoms with van der Waals surface area (Å²) >= 11 is 1.56. The fraction of sp³-hybridized carbons (Fsp3) is 0.714. The van der Waals surface area contributed by atoms with Crippen LogP contribution in [0.3, 0.4) is 0 Å². The van der Waals surface area contributed by atoms with Crippen molar-refractivity contribution in [1.29, 1.82) is 0 Å². The Kier molecular flexibility index (Phi) is 4.89. The van der Waals surface area contributed by atoms with Gasteiger partial charge in [-0.15, -0.1) is 11.3 Å². The van der Waals surface area contributed by atoms with Crippen LogP contribution < -0.4 is 10.0 Å². The van der Waals surface area contributed by atoms with E-state index < -0.39 is 10.0 Å². The molecule has 1 aromatic heterocycles. The van der Waals surface area contributed by atoms with Gasteiger partial charge in [0.15, 0.2) is 0 Å². The van der Waals surface area contributed by atoms with Gasteiger partial charge in [0.1, 0.15) is 0 Å². The van der Waals surface area contributed by atoms with Gasteiger partial charge in [0.05, 0.1) is 4.90 Å². The first-order chi connectivity index (χ1) is 9.36. The molecule has 0 amide bonds. The summed E-state index contributed by atoms with van der Waals surface area (Å²) in [5, 5.41) is 3.31. The van der Waals surface area contributed by atoms with E-state index in [4.69, 9.17) is 0 Å². The number of rotatable bonds is 7. The fourth-order valence-electron chi connectivity index (χ4n) is 2.46. The van der Waals surface area contributed by atoms with E-state index in [9.17, 15) is 8.42 Å². The van der Waals surface area contributed by atoms with Gasteiger partial charge in [-0.2, -0.15) is 0 Å². The van der Waals surface area contributed by atoms with Crippen molar-refractivity contribution in [2.75, 3.05) is 6.54 Å². The normalized spacial score (nSPS) is 17.9. The second-order valence-corrected chi connectivity index (χ2v) is 8.82. The molecule has 0 saturated heterocycles. The number of thiophene rings is 1. The number of aryl methyl sites for hydroxylation is 1. The van der Waals surface area contributed by atoms with Crippen LogP contribution in [0.4, 0.5) is 0 Å². The molecule has 1 fully saturated rings. The van der Waals surface area contributed by atoms with E-state index in [0.717, 1.165) is 48.5 Å². The standard InChI is InChI=1S/C14H24N2O2S2/c1-4-8-15-10-12-9-13(11(2)19-12)20(17,18)16-14(3)6-5-7-14/h9,15-16H,4-8,10H2,1-3H3. The molecule has 4 nitrogen and oxygen atoms in total. The average Bonchev–Trinajstić information content (AvgIpc) is 2.69. The molecule has 0 bridgehead atoms. The SMILES string of the molecule is CCCNCc1cc(S(=O)(=O)NC2(C)CCC2)c(C)s1. The molecule has 1 aromatic rings. The van der Waals surface area contributed by atoms with Crippen LogP contribution in [0, 0.1) is 6.92 Å². The zero-order valence-corrected chi connectivity index (χ0v) is 14.1. The van der Waals surface area contributed by atoms with E-state index in [-0.39, 0.29) is 5.54 Å². The zero-order valence-electron chi connectivity index (χ0n) is 12.5. The van der Waals surface area contributed by atoms with E-state index in [2.05, 4.69) is 17.0 Å². The van der Waals surface area contributed by atoms with Gasteiger partial charge in [0.25, 0.3) is 0 Å². The monoisotopic (exact) mass is 316 g/mol. The molecular formula is C14H24N2O2S2. The molecule has 114 valence electrons. The Morgan fingerprint density at radius 2 is 2.10 bits per heavy atom. The van der Waals surface area contributed by atoms with E-state index in [1.54, 1.807) is 11.3 Å². The first kappa shape index (κ1) is 15.9. The highest BCUT2D eigenvalue weighted by molar-refractivity contribution is 7.89. The van der Waals surface area contributed by atoms with Gasteiger partial charge in [-0.05, 0) is 52.1 Å². The lowest BCUT2D eigenvalue weighted by molar-refractivity contribution is 0.248. The molecule has 0 spiro atoms.